The Morgan fingerprint density at radius 3 is 0.439 bits per heavy atom. The number of ether oxygens (including phenoxy) is 2. The molecule has 0 spiro atoms. The smallest absolute Gasteiger partial charge is 0.220 e. The van der Waals surface area contributed by atoms with E-state index in [1.54, 1.807) is 14.2 Å². The molecule has 14 rings (SSSR count). The largest absolute Gasteiger partial charge is 0.497 e. The topological polar surface area (TPSA) is 18.5 Å². The van der Waals surface area contributed by atoms with Crippen molar-refractivity contribution in [1.29, 1.82) is 0 Å². The molecular formula is C84H32B2F40O2S4. The Morgan fingerprint density at radius 2 is 0.303 bits per heavy atom. The minimum Gasteiger partial charge on any atom is -0.497 e. The molecule has 0 unspecified atom stereocenters. The van der Waals surface area contributed by atoms with E-state index >= 15 is 70.2 Å². The maximum Gasteiger partial charge on any atom is 0.220 e. The van der Waals surface area contributed by atoms with Gasteiger partial charge in [0.05, 0.1) is 14.2 Å². The van der Waals surface area contributed by atoms with E-state index in [0.717, 1.165) is 11.5 Å². The Balaban J connectivity index is 0.000000179. The Morgan fingerprint density at radius 1 is 0.174 bits per heavy atom. The van der Waals surface area contributed by atoms with Crippen LogP contribution >= 0.6 is 22.7 Å². The highest BCUT2D eigenvalue weighted by Gasteiger charge is 2.56. The first-order chi connectivity index (χ1) is 61.9. The van der Waals surface area contributed by atoms with Crippen LogP contribution in [0.2, 0.25) is 0 Å². The minimum atomic E-state index is -7.22. The molecule has 0 atom stereocenters. The zero-order valence-electron chi connectivity index (χ0n) is 64.3. The zero-order chi connectivity index (χ0) is 97.8. The van der Waals surface area contributed by atoms with Crippen LogP contribution < -0.4 is 53.2 Å². The molecular weight excluding hydrogens is 1950 g/mol. The molecule has 132 heavy (non-hydrogen) atoms. The fourth-order valence-corrected chi connectivity index (χ4v) is 21.8. The lowest BCUT2D eigenvalue weighted by Crippen LogP contribution is -2.81. The fraction of sp³-hybridized carbons (Fsp3) is 0.0476. The quantitative estimate of drug-likeness (QED) is 0.0297. The van der Waals surface area contributed by atoms with E-state index < -0.39 is 289 Å². The molecule has 2 heterocycles. The van der Waals surface area contributed by atoms with E-state index in [0.29, 0.717) is 0 Å². The van der Waals surface area contributed by atoms with Crippen molar-refractivity contribution >= 4 is 100 Å². The molecule has 0 saturated carbocycles. The molecule has 0 bridgehead atoms. The number of rotatable bonds is 17. The number of methoxy groups -OCH3 is 2. The standard InChI is InChI=1S/C36H32O2S4.2C24BF20/c1-25-5-13-29(14-6-25)41(30-15-7-26(2)8-16-30)35-23-21-33(39-35)34-22-24-36(40-34)42(31-17-9-27(37-3)10-18-31)32-19-11-28(38-4)12-20-32;2*26-5-1(6(27)14(35)21(42)13(5)34)25(2-7(28)15(36)22(43)16(37)8(2)29,3-9(30)17(38)23(44)18(39)10(3)31)4-11(32)19(40)24(45)20(41)12(4)33/h5-24H,1-4H3;;/q+2;2*-1. The van der Waals surface area contributed by atoms with Crippen LogP contribution in [-0.4, -0.2) is 26.5 Å². The first-order valence-electron chi connectivity index (χ1n) is 35.5. The van der Waals surface area contributed by atoms with Crippen LogP contribution in [0.15, 0.2) is 149 Å². The van der Waals surface area contributed by atoms with Crippen molar-refractivity contribution in [2.45, 2.75) is 41.8 Å². The SMILES string of the molecule is COc1ccc([S+](c2ccc(OC)cc2)c2ccc(-c3ccc([S+](c4ccc(C)cc4)c4ccc(C)cc4)s3)s2)cc1.Fc1c(F)c(F)c([B-](c2c(F)c(F)c(F)c(F)c2F)(c2c(F)c(F)c(F)c(F)c2F)c2c(F)c(F)c(F)c(F)c2F)c(F)c1F.Fc1c(F)c(F)c([B-](c2c(F)c(F)c(F)c(F)c2F)(c2c(F)c(F)c(F)c(F)c2F)c2c(F)c(F)c(F)c(F)c2F)c(F)c1F. The van der Waals surface area contributed by atoms with Gasteiger partial charge in [-0.25, -0.2) is 176 Å². The second kappa shape index (κ2) is 37.4. The highest BCUT2D eigenvalue weighted by molar-refractivity contribution is 7.99. The van der Waals surface area contributed by atoms with Gasteiger partial charge in [-0.3, -0.25) is 0 Å². The van der Waals surface area contributed by atoms with Crippen LogP contribution in [0.5, 0.6) is 11.5 Å². The van der Waals surface area contributed by atoms with E-state index in [2.05, 4.69) is 135 Å². The van der Waals surface area contributed by atoms with Gasteiger partial charge in [-0.05, 0) is 98.8 Å². The Kier molecular flexibility index (Phi) is 27.9. The predicted octanol–water partition coefficient (Wildman–Crippen LogP) is 22.0. The number of benzene rings is 12. The normalized spacial score (nSPS) is 11.8. The molecule has 0 N–H and O–H groups in total. The monoisotopic (exact) mass is 1980 g/mol. The molecule has 690 valence electrons. The average molecular weight is 1980 g/mol. The van der Waals surface area contributed by atoms with Crippen LogP contribution in [0.1, 0.15) is 11.1 Å². The summed E-state index contributed by atoms with van der Waals surface area (Å²) in [6.45, 7) is 4.30. The van der Waals surface area contributed by atoms with Crippen molar-refractivity contribution < 1.29 is 185 Å². The summed E-state index contributed by atoms with van der Waals surface area (Å²) in [7, 11) is 3.03. The maximum atomic E-state index is 15.4. The minimum absolute atomic E-state index is 0.151. The van der Waals surface area contributed by atoms with Crippen LogP contribution in [0.25, 0.3) is 9.75 Å². The van der Waals surface area contributed by atoms with E-state index in [9.17, 15) is 105 Å². The van der Waals surface area contributed by atoms with Crippen molar-refractivity contribution in [2.75, 3.05) is 14.2 Å². The third-order valence-corrected chi connectivity index (χ3v) is 27.8. The predicted molar refractivity (Wildman–Crippen MR) is 399 cm³/mol. The summed E-state index contributed by atoms with van der Waals surface area (Å²) in [6, 6.07) is 44.2. The molecule has 0 fully saturated rings. The first kappa shape index (κ1) is 98.7. The second-order valence-electron chi connectivity index (χ2n) is 27.4. The highest BCUT2D eigenvalue weighted by atomic mass is 32.2. The van der Waals surface area contributed by atoms with Gasteiger partial charge in [-0.2, -0.15) is 0 Å². The molecule has 0 amide bonds. The lowest BCUT2D eigenvalue weighted by molar-refractivity contribution is 0.377. The number of hydrogen-bond acceptors (Lipinski definition) is 4. The molecule has 48 heteroatoms. The van der Waals surface area contributed by atoms with Gasteiger partial charge in [-0.1, -0.05) is 58.1 Å². The molecule has 12 aromatic carbocycles. The number of aryl methyl sites for hydroxylation is 2. The Hall–Kier alpha value is -12.3. The van der Waals surface area contributed by atoms with E-state index in [-0.39, 0.29) is 21.8 Å². The van der Waals surface area contributed by atoms with Crippen molar-refractivity contribution in [2.24, 2.45) is 0 Å². The third kappa shape index (κ3) is 15.9. The van der Waals surface area contributed by atoms with Crippen molar-refractivity contribution in [3.63, 3.8) is 0 Å². The Bertz CT molecular complexity index is 5860. The number of thiophene rings is 2. The van der Waals surface area contributed by atoms with Crippen LogP contribution in [-0.2, 0) is 21.8 Å². The third-order valence-electron chi connectivity index (χ3n) is 20.3. The first-order valence-corrected chi connectivity index (χ1v) is 39.6. The molecule has 0 aliphatic heterocycles. The summed E-state index contributed by atoms with van der Waals surface area (Å²) in [5.74, 6) is -141. The summed E-state index contributed by atoms with van der Waals surface area (Å²) in [5.41, 5.74) is -26.1. The fourth-order valence-electron chi connectivity index (χ4n) is 14.4. The van der Waals surface area contributed by atoms with Gasteiger partial charge in [-0.15, -0.1) is 43.7 Å². The zero-order valence-corrected chi connectivity index (χ0v) is 67.5. The summed E-state index contributed by atoms with van der Waals surface area (Å²) in [5, 5.41) is 0. The van der Waals surface area contributed by atoms with Crippen LogP contribution in [0.4, 0.5) is 176 Å². The van der Waals surface area contributed by atoms with Gasteiger partial charge >= 0.3 is 0 Å². The molecule has 0 saturated heterocycles. The molecule has 0 radical (unpaired) electrons. The molecule has 2 nitrogen and oxygen atoms in total. The van der Waals surface area contributed by atoms with Crippen molar-refractivity contribution in [3.8, 4) is 21.3 Å². The van der Waals surface area contributed by atoms with Gasteiger partial charge in [0.25, 0.3) is 0 Å². The number of hydrogen-bond donors (Lipinski definition) is 0. The lowest BCUT2D eigenvalue weighted by Gasteiger charge is -2.44. The van der Waals surface area contributed by atoms with Crippen LogP contribution in [0.3, 0.4) is 0 Å². The molecule has 2 aromatic heterocycles. The summed E-state index contributed by atoms with van der Waals surface area (Å²) < 4.78 is 602. The van der Waals surface area contributed by atoms with Gasteiger partial charge in [0.2, 0.25) is 8.42 Å². The number of halogens is 40. The lowest BCUT2D eigenvalue weighted by atomic mass is 9.12. The summed E-state index contributed by atoms with van der Waals surface area (Å²) in [6.07, 6.45) is -14.4. The van der Waals surface area contributed by atoms with Crippen molar-refractivity contribution in [3.05, 3.63) is 365 Å². The molecule has 14 aromatic rings. The highest BCUT2D eigenvalue weighted by Crippen LogP contribution is 2.46. The average Bonchev–Trinajstić information content (AvgIpc) is 0.786. The van der Waals surface area contributed by atoms with E-state index in [1.807, 2.05) is 22.7 Å². The Labute approximate surface area is 724 Å². The maximum absolute atomic E-state index is 15.4. The van der Waals surface area contributed by atoms with E-state index in [4.69, 9.17) is 9.47 Å². The van der Waals surface area contributed by atoms with Gasteiger partial charge in [0, 0.05) is 21.9 Å². The summed E-state index contributed by atoms with van der Waals surface area (Å²) >= 11 is 3.80. The molecule has 0 aliphatic carbocycles. The molecule has 0 aliphatic rings. The van der Waals surface area contributed by atoms with E-state index in [1.165, 1.54) is 48.9 Å². The van der Waals surface area contributed by atoms with Gasteiger partial charge in [0.15, 0.2) is 159 Å². The second-order valence-corrected chi connectivity index (χ2v) is 34.1. The van der Waals surface area contributed by atoms with Gasteiger partial charge < -0.3 is 9.47 Å². The van der Waals surface area contributed by atoms with Crippen LogP contribution in [0, 0.1) is 247 Å². The van der Waals surface area contributed by atoms with Gasteiger partial charge in [0.1, 0.15) is 139 Å². The summed E-state index contributed by atoms with van der Waals surface area (Å²) in [4.78, 5) is 7.85. The van der Waals surface area contributed by atoms with Crippen molar-refractivity contribution in [1.82, 2.24) is 0 Å².